The molecule has 1 aromatic rings. The van der Waals surface area contributed by atoms with E-state index in [0.717, 1.165) is 43.6 Å². The van der Waals surface area contributed by atoms with Crippen LogP contribution in [0.15, 0.2) is 23.3 Å². The Morgan fingerprint density at radius 3 is 2.73 bits per heavy atom. The largest absolute Gasteiger partial charge is 0.477 e. The molecule has 5 nitrogen and oxygen atoms in total. The molecular weight excluding hydrogens is 391 g/mol. The first-order valence-corrected chi connectivity index (χ1v) is 7.91. The summed E-state index contributed by atoms with van der Waals surface area (Å²) in [6.45, 7) is 7.42. The van der Waals surface area contributed by atoms with Gasteiger partial charge in [0.25, 0.3) is 0 Å². The lowest BCUT2D eigenvalue weighted by atomic mass is 10.3. The molecule has 1 heterocycles. The standard InChI is InChI=1S/C16H26N4O.HI/c1-3-9-18-16(17-4-2)20-11-14-7-8-15(19-10-14)21-12-13-5-6-13;/h7-8,10,13H,3-6,9,11-12H2,1-2H3,(H2,17,18,20);1H. The fraction of sp³-hybridized carbons (Fsp3) is 0.625. The number of guanidine groups is 1. The maximum absolute atomic E-state index is 5.63. The van der Waals surface area contributed by atoms with Crippen molar-refractivity contribution < 1.29 is 4.74 Å². The molecule has 0 aromatic carbocycles. The molecule has 0 unspecified atom stereocenters. The van der Waals surface area contributed by atoms with Crippen molar-refractivity contribution in [2.24, 2.45) is 10.9 Å². The second kappa shape index (κ2) is 10.6. The van der Waals surface area contributed by atoms with Gasteiger partial charge >= 0.3 is 0 Å². The summed E-state index contributed by atoms with van der Waals surface area (Å²) in [5, 5.41) is 6.52. The van der Waals surface area contributed by atoms with Crippen LogP contribution in [0.3, 0.4) is 0 Å². The maximum atomic E-state index is 5.63. The van der Waals surface area contributed by atoms with Crippen molar-refractivity contribution in [2.45, 2.75) is 39.7 Å². The van der Waals surface area contributed by atoms with Crippen molar-refractivity contribution in [2.75, 3.05) is 19.7 Å². The lowest BCUT2D eigenvalue weighted by Crippen LogP contribution is -2.37. The average Bonchev–Trinajstić information content (AvgIpc) is 3.33. The topological polar surface area (TPSA) is 58.5 Å². The van der Waals surface area contributed by atoms with E-state index < -0.39 is 0 Å². The Kier molecular flexibility index (Phi) is 9.19. The third-order valence-electron chi connectivity index (χ3n) is 3.27. The molecule has 0 amide bonds. The Morgan fingerprint density at radius 1 is 1.32 bits per heavy atom. The normalized spacial score (nSPS) is 14.2. The molecule has 1 aromatic heterocycles. The van der Waals surface area contributed by atoms with E-state index in [1.807, 2.05) is 18.3 Å². The molecule has 2 N–H and O–H groups in total. The molecular formula is C16H27IN4O. The summed E-state index contributed by atoms with van der Waals surface area (Å²) in [7, 11) is 0. The van der Waals surface area contributed by atoms with Crippen LogP contribution in [0, 0.1) is 5.92 Å². The molecule has 1 saturated carbocycles. The maximum Gasteiger partial charge on any atom is 0.213 e. The molecule has 124 valence electrons. The first-order valence-electron chi connectivity index (χ1n) is 7.91. The molecule has 0 aliphatic heterocycles. The minimum absolute atomic E-state index is 0. The number of pyridine rings is 1. The van der Waals surface area contributed by atoms with Crippen molar-refractivity contribution in [3.8, 4) is 5.88 Å². The van der Waals surface area contributed by atoms with E-state index in [4.69, 9.17) is 4.74 Å². The van der Waals surface area contributed by atoms with Gasteiger partial charge in [0.05, 0.1) is 13.2 Å². The van der Waals surface area contributed by atoms with Crippen molar-refractivity contribution in [3.05, 3.63) is 23.9 Å². The number of nitrogens with one attached hydrogen (secondary N) is 2. The van der Waals surface area contributed by atoms with E-state index in [1.165, 1.54) is 12.8 Å². The van der Waals surface area contributed by atoms with Crippen LogP contribution >= 0.6 is 24.0 Å². The third kappa shape index (κ3) is 7.29. The summed E-state index contributed by atoms with van der Waals surface area (Å²) in [6, 6.07) is 3.96. The van der Waals surface area contributed by atoms with Gasteiger partial charge in [-0.15, -0.1) is 24.0 Å². The van der Waals surface area contributed by atoms with E-state index in [-0.39, 0.29) is 24.0 Å². The molecule has 0 radical (unpaired) electrons. The van der Waals surface area contributed by atoms with E-state index in [1.54, 1.807) is 0 Å². The Balaban J connectivity index is 0.00000242. The quantitative estimate of drug-likeness (QED) is 0.387. The predicted octanol–water partition coefficient (Wildman–Crippen LogP) is 2.95. The van der Waals surface area contributed by atoms with Gasteiger partial charge in [-0.3, -0.25) is 0 Å². The van der Waals surface area contributed by atoms with Gasteiger partial charge in [-0.25, -0.2) is 9.98 Å². The molecule has 22 heavy (non-hydrogen) atoms. The van der Waals surface area contributed by atoms with Crippen LogP contribution in [0.25, 0.3) is 0 Å². The lowest BCUT2D eigenvalue weighted by Gasteiger charge is -2.10. The van der Waals surface area contributed by atoms with Gasteiger partial charge in [-0.05, 0) is 37.7 Å². The van der Waals surface area contributed by atoms with Gasteiger partial charge in [0, 0.05) is 25.4 Å². The number of hydrogen-bond acceptors (Lipinski definition) is 3. The zero-order valence-electron chi connectivity index (χ0n) is 13.5. The molecule has 1 aliphatic carbocycles. The summed E-state index contributed by atoms with van der Waals surface area (Å²) < 4.78 is 5.63. The van der Waals surface area contributed by atoms with Crippen LogP contribution in [0.5, 0.6) is 5.88 Å². The highest BCUT2D eigenvalue weighted by atomic mass is 127. The Bertz CT molecular complexity index is 446. The molecule has 0 bridgehead atoms. The molecule has 1 aliphatic rings. The molecule has 2 rings (SSSR count). The zero-order chi connectivity index (χ0) is 14.9. The first-order chi connectivity index (χ1) is 10.3. The van der Waals surface area contributed by atoms with Gasteiger partial charge in [-0.1, -0.05) is 13.0 Å². The van der Waals surface area contributed by atoms with Gasteiger partial charge in [-0.2, -0.15) is 0 Å². The molecule has 6 heteroatoms. The summed E-state index contributed by atoms with van der Waals surface area (Å²) in [4.78, 5) is 8.88. The van der Waals surface area contributed by atoms with Crippen molar-refractivity contribution >= 4 is 29.9 Å². The fourth-order valence-electron chi connectivity index (χ4n) is 1.83. The second-order valence-electron chi connectivity index (χ2n) is 5.38. The summed E-state index contributed by atoms with van der Waals surface area (Å²) in [5.41, 5.74) is 1.09. The Hall–Kier alpha value is -1.05. The number of halogens is 1. The van der Waals surface area contributed by atoms with Crippen molar-refractivity contribution in [1.82, 2.24) is 15.6 Å². The highest BCUT2D eigenvalue weighted by Crippen LogP contribution is 2.29. The predicted molar refractivity (Wildman–Crippen MR) is 101 cm³/mol. The van der Waals surface area contributed by atoms with Gasteiger partial charge in [0.15, 0.2) is 5.96 Å². The van der Waals surface area contributed by atoms with Crippen LogP contribution < -0.4 is 15.4 Å². The molecule has 0 spiro atoms. The SMILES string of the molecule is CCCNC(=NCc1ccc(OCC2CC2)nc1)NCC.I. The van der Waals surface area contributed by atoms with E-state index >= 15 is 0 Å². The average molecular weight is 418 g/mol. The molecule has 0 saturated heterocycles. The third-order valence-corrected chi connectivity index (χ3v) is 3.27. The van der Waals surface area contributed by atoms with E-state index in [9.17, 15) is 0 Å². The van der Waals surface area contributed by atoms with Gasteiger partial charge < -0.3 is 15.4 Å². The summed E-state index contributed by atoms with van der Waals surface area (Å²) >= 11 is 0. The zero-order valence-corrected chi connectivity index (χ0v) is 15.8. The van der Waals surface area contributed by atoms with Crippen molar-refractivity contribution in [3.63, 3.8) is 0 Å². The molecule has 1 fully saturated rings. The minimum Gasteiger partial charge on any atom is -0.477 e. The van der Waals surface area contributed by atoms with E-state index in [2.05, 4.69) is 34.5 Å². The van der Waals surface area contributed by atoms with Crippen LogP contribution in [-0.4, -0.2) is 30.6 Å². The minimum atomic E-state index is 0. The monoisotopic (exact) mass is 418 g/mol. The number of nitrogens with zero attached hydrogens (tertiary/aromatic N) is 2. The lowest BCUT2D eigenvalue weighted by molar-refractivity contribution is 0.288. The number of rotatable bonds is 8. The highest BCUT2D eigenvalue weighted by Gasteiger charge is 2.21. The smallest absolute Gasteiger partial charge is 0.213 e. The number of aromatic nitrogens is 1. The van der Waals surface area contributed by atoms with Crippen LogP contribution in [0.4, 0.5) is 0 Å². The van der Waals surface area contributed by atoms with Crippen LogP contribution in [0.1, 0.15) is 38.7 Å². The Morgan fingerprint density at radius 2 is 2.14 bits per heavy atom. The number of aliphatic imine (C=N–C) groups is 1. The van der Waals surface area contributed by atoms with Gasteiger partial charge in [0.2, 0.25) is 5.88 Å². The van der Waals surface area contributed by atoms with Crippen LogP contribution in [-0.2, 0) is 6.54 Å². The first kappa shape index (κ1) is 19.0. The summed E-state index contributed by atoms with van der Waals surface area (Å²) in [6.07, 6.45) is 5.52. The fourth-order valence-corrected chi connectivity index (χ4v) is 1.83. The number of hydrogen-bond donors (Lipinski definition) is 2. The van der Waals surface area contributed by atoms with Crippen molar-refractivity contribution in [1.29, 1.82) is 0 Å². The van der Waals surface area contributed by atoms with E-state index in [0.29, 0.717) is 12.4 Å². The van der Waals surface area contributed by atoms with Gasteiger partial charge in [0.1, 0.15) is 0 Å². The molecule has 0 atom stereocenters. The highest BCUT2D eigenvalue weighted by molar-refractivity contribution is 14.0. The second-order valence-corrected chi connectivity index (χ2v) is 5.38. The number of ether oxygens (including phenoxy) is 1. The Labute approximate surface area is 150 Å². The van der Waals surface area contributed by atoms with Crippen LogP contribution in [0.2, 0.25) is 0 Å². The summed E-state index contributed by atoms with van der Waals surface area (Å²) in [5.74, 6) is 2.32.